The van der Waals surface area contributed by atoms with Crippen LogP contribution in [0.5, 0.6) is 5.75 Å². The predicted molar refractivity (Wildman–Crippen MR) is 90.9 cm³/mol. The normalized spacial score (nSPS) is 13.5. The Morgan fingerprint density at radius 3 is 2.62 bits per heavy atom. The van der Waals surface area contributed by atoms with Gasteiger partial charge in [0.05, 0.1) is 7.11 Å². The van der Waals surface area contributed by atoms with Gasteiger partial charge in [-0.1, -0.05) is 12.1 Å². The maximum Gasteiger partial charge on any atom is 0.119 e. The van der Waals surface area contributed by atoms with Gasteiger partial charge in [-0.05, 0) is 71.8 Å². The van der Waals surface area contributed by atoms with Crippen molar-refractivity contribution in [1.29, 1.82) is 0 Å². The third-order valence-electron chi connectivity index (χ3n) is 3.77. The number of rotatable bonds is 8. The standard InChI is InChI=1S/C18H32N2O/c1-15(9-8-12-19-18(2,3)4)20(5)14-16-10-7-11-17(13-16)21-6/h7,10-11,13,15,19H,8-9,12,14H2,1-6H3. The molecular weight excluding hydrogens is 260 g/mol. The minimum absolute atomic E-state index is 0.218. The molecule has 0 saturated heterocycles. The second kappa shape index (κ2) is 8.40. The molecule has 0 radical (unpaired) electrons. The molecule has 1 rings (SSSR count). The van der Waals surface area contributed by atoms with E-state index in [1.807, 2.05) is 6.07 Å². The summed E-state index contributed by atoms with van der Waals surface area (Å²) in [7, 11) is 3.91. The summed E-state index contributed by atoms with van der Waals surface area (Å²) in [6.07, 6.45) is 2.42. The minimum atomic E-state index is 0.218. The molecule has 1 atom stereocenters. The van der Waals surface area contributed by atoms with E-state index in [9.17, 15) is 0 Å². The fraction of sp³-hybridized carbons (Fsp3) is 0.667. The Morgan fingerprint density at radius 1 is 1.29 bits per heavy atom. The van der Waals surface area contributed by atoms with Gasteiger partial charge in [0.15, 0.2) is 0 Å². The monoisotopic (exact) mass is 292 g/mol. The van der Waals surface area contributed by atoms with Crippen LogP contribution in [0.15, 0.2) is 24.3 Å². The van der Waals surface area contributed by atoms with Gasteiger partial charge < -0.3 is 10.1 Å². The highest BCUT2D eigenvalue weighted by atomic mass is 16.5. The predicted octanol–water partition coefficient (Wildman–Crippen LogP) is 3.68. The lowest BCUT2D eigenvalue weighted by molar-refractivity contribution is 0.232. The van der Waals surface area contributed by atoms with Gasteiger partial charge in [-0.2, -0.15) is 0 Å². The Kier molecular flexibility index (Phi) is 7.20. The van der Waals surface area contributed by atoms with Crippen molar-refractivity contribution >= 4 is 0 Å². The Labute approximate surface area is 130 Å². The van der Waals surface area contributed by atoms with Crippen LogP contribution in [0.1, 0.15) is 46.1 Å². The quantitative estimate of drug-likeness (QED) is 0.740. The molecular formula is C18H32N2O. The molecule has 0 bridgehead atoms. The first-order valence-electron chi connectivity index (χ1n) is 7.90. The van der Waals surface area contributed by atoms with Gasteiger partial charge in [-0.15, -0.1) is 0 Å². The Balaban J connectivity index is 2.35. The summed E-state index contributed by atoms with van der Waals surface area (Å²) < 4.78 is 5.28. The van der Waals surface area contributed by atoms with Gasteiger partial charge in [-0.3, -0.25) is 4.90 Å². The largest absolute Gasteiger partial charge is 0.497 e. The summed E-state index contributed by atoms with van der Waals surface area (Å²) in [5.74, 6) is 0.933. The van der Waals surface area contributed by atoms with Crippen LogP contribution in [-0.2, 0) is 6.54 Å². The molecule has 0 aliphatic heterocycles. The van der Waals surface area contributed by atoms with E-state index in [2.05, 4.69) is 63.2 Å². The van der Waals surface area contributed by atoms with E-state index in [4.69, 9.17) is 4.74 Å². The molecule has 0 heterocycles. The van der Waals surface area contributed by atoms with Gasteiger partial charge in [0.2, 0.25) is 0 Å². The van der Waals surface area contributed by atoms with Crippen molar-refractivity contribution in [3.8, 4) is 5.75 Å². The Hall–Kier alpha value is -1.06. The minimum Gasteiger partial charge on any atom is -0.497 e. The van der Waals surface area contributed by atoms with Crippen LogP contribution in [0.3, 0.4) is 0 Å². The fourth-order valence-electron chi connectivity index (χ4n) is 2.30. The lowest BCUT2D eigenvalue weighted by Gasteiger charge is -2.26. The van der Waals surface area contributed by atoms with E-state index in [0.717, 1.165) is 18.8 Å². The van der Waals surface area contributed by atoms with Gasteiger partial charge in [0, 0.05) is 18.1 Å². The third kappa shape index (κ3) is 7.49. The summed E-state index contributed by atoms with van der Waals surface area (Å²) >= 11 is 0. The zero-order chi connectivity index (χ0) is 15.9. The van der Waals surface area contributed by atoms with Crippen molar-refractivity contribution < 1.29 is 4.74 Å². The van der Waals surface area contributed by atoms with Crippen molar-refractivity contribution in [3.63, 3.8) is 0 Å². The van der Waals surface area contributed by atoms with E-state index in [1.165, 1.54) is 18.4 Å². The molecule has 3 heteroatoms. The van der Waals surface area contributed by atoms with Gasteiger partial charge in [0.25, 0.3) is 0 Å². The topological polar surface area (TPSA) is 24.5 Å². The maximum atomic E-state index is 5.28. The maximum absolute atomic E-state index is 5.28. The number of nitrogens with one attached hydrogen (secondary N) is 1. The zero-order valence-corrected chi connectivity index (χ0v) is 14.6. The Morgan fingerprint density at radius 2 is 2.00 bits per heavy atom. The van der Waals surface area contributed by atoms with Gasteiger partial charge in [-0.25, -0.2) is 0 Å². The molecule has 21 heavy (non-hydrogen) atoms. The van der Waals surface area contributed by atoms with E-state index >= 15 is 0 Å². The fourth-order valence-corrected chi connectivity index (χ4v) is 2.30. The SMILES string of the molecule is COc1cccc(CN(C)C(C)CCCNC(C)(C)C)c1. The molecule has 1 aromatic rings. The van der Waals surface area contributed by atoms with Crippen molar-refractivity contribution in [2.75, 3.05) is 20.7 Å². The molecule has 0 spiro atoms. The molecule has 0 aromatic heterocycles. The highest BCUT2D eigenvalue weighted by Crippen LogP contribution is 2.15. The van der Waals surface area contributed by atoms with Crippen LogP contribution in [-0.4, -0.2) is 37.2 Å². The van der Waals surface area contributed by atoms with Crippen LogP contribution >= 0.6 is 0 Å². The second-order valence-electron chi connectivity index (χ2n) is 6.93. The van der Waals surface area contributed by atoms with Crippen molar-refractivity contribution in [2.45, 2.75) is 58.7 Å². The summed E-state index contributed by atoms with van der Waals surface area (Å²) in [5.41, 5.74) is 1.52. The number of benzene rings is 1. The first-order chi connectivity index (χ1) is 9.81. The summed E-state index contributed by atoms with van der Waals surface area (Å²) in [5, 5.41) is 3.55. The summed E-state index contributed by atoms with van der Waals surface area (Å²) in [6.45, 7) is 11.0. The molecule has 1 aromatic carbocycles. The molecule has 1 unspecified atom stereocenters. The average Bonchev–Trinajstić information content (AvgIpc) is 2.42. The van der Waals surface area contributed by atoms with E-state index in [0.29, 0.717) is 6.04 Å². The van der Waals surface area contributed by atoms with Crippen LogP contribution in [0.2, 0.25) is 0 Å². The molecule has 0 fully saturated rings. The van der Waals surface area contributed by atoms with E-state index in [-0.39, 0.29) is 5.54 Å². The molecule has 0 aliphatic rings. The van der Waals surface area contributed by atoms with Crippen molar-refractivity contribution in [2.24, 2.45) is 0 Å². The number of methoxy groups -OCH3 is 1. The summed E-state index contributed by atoms with van der Waals surface area (Å²) in [4.78, 5) is 2.41. The van der Waals surface area contributed by atoms with Crippen LogP contribution < -0.4 is 10.1 Å². The first kappa shape index (κ1) is 18.0. The highest BCUT2D eigenvalue weighted by molar-refractivity contribution is 5.28. The van der Waals surface area contributed by atoms with Gasteiger partial charge >= 0.3 is 0 Å². The molecule has 1 N–H and O–H groups in total. The van der Waals surface area contributed by atoms with Crippen LogP contribution in [0.25, 0.3) is 0 Å². The first-order valence-corrected chi connectivity index (χ1v) is 7.90. The van der Waals surface area contributed by atoms with E-state index in [1.54, 1.807) is 7.11 Å². The lowest BCUT2D eigenvalue weighted by atomic mass is 10.1. The molecule has 3 nitrogen and oxygen atoms in total. The van der Waals surface area contributed by atoms with Crippen LogP contribution in [0, 0.1) is 0 Å². The molecule has 120 valence electrons. The van der Waals surface area contributed by atoms with Crippen molar-refractivity contribution in [3.05, 3.63) is 29.8 Å². The smallest absolute Gasteiger partial charge is 0.119 e. The van der Waals surface area contributed by atoms with E-state index < -0.39 is 0 Å². The number of hydrogen-bond donors (Lipinski definition) is 1. The molecule has 0 saturated carbocycles. The highest BCUT2D eigenvalue weighted by Gasteiger charge is 2.11. The lowest BCUT2D eigenvalue weighted by Crippen LogP contribution is -2.37. The van der Waals surface area contributed by atoms with Crippen LogP contribution in [0.4, 0.5) is 0 Å². The summed E-state index contributed by atoms with van der Waals surface area (Å²) in [6, 6.07) is 8.90. The molecule has 0 amide bonds. The Bertz CT molecular complexity index is 412. The second-order valence-corrected chi connectivity index (χ2v) is 6.93. The third-order valence-corrected chi connectivity index (χ3v) is 3.77. The van der Waals surface area contributed by atoms with Crippen molar-refractivity contribution in [1.82, 2.24) is 10.2 Å². The number of nitrogens with zero attached hydrogens (tertiary/aromatic N) is 1. The molecule has 0 aliphatic carbocycles. The average molecular weight is 292 g/mol. The zero-order valence-electron chi connectivity index (χ0n) is 14.6. The number of hydrogen-bond acceptors (Lipinski definition) is 3. The number of ether oxygens (including phenoxy) is 1. The van der Waals surface area contributed by atoms with Gasteiger partial charge in [0.1, 0.15) is 5.75 Å².